The summed E-state index contributed by atoms with van der Waals surface area (Å²) in [5.74, 6) is 0.735. The van der Waals surface area contributed by atoms with Gasteiger partial charge >= 0.3 is 0 Å². The molecule has 6 heteroatoms. The maximum atomic E-state index is 12.3. The zero-order valence-corrected chi connectivity index (χ0v) is 16.3. The molecule has 1 heterocycles. The molecule has 0 unspecified atom stereocenters. The van der Waals surface area contributed by atoms with Crippen molar-refractivity contribution in [1.29, 1.82) is 0 Å². The van der Waals surface area contributed by atoms with Gasteiger partial charge in [-0.1, -0.05) is 17.7 Å². The average Bonchev–Trinajstić information content (AvgIpc) is 3.04. The first kappa shape index (κ1) is 19.0. The molecule has 0 aliphatic carbocycles. The van der Waals surface area contributed by atoms with Crippen molar-refractivity contribution in [3.05, 3.63) is 65.3 Å². The molecule has 27 heavy (non-hydrogen) atoms. The van der Waals surface area contributed by atoms with E-state index in [1.54, 1.807) is 11.8 Å². The van der Waals surface area contributed by atoms with Crippen LogP contribution in [-0.2, 0) is 11.2 Å². The molecule has 0 spiro atoms. The Labute approximate surface area is 163 Å². The Hall–Kier alpha value is -2.79. The predicted molar refractivity (Wildman–Crippen MR) is 108 cm³/mol. The Bertz CT molecular complexity index is 933. The van der Waals surface area contributed by atoms with Crippen LogP contribution in [0.5, 0.6) is 5.75 Å². The Kier molecular flexibility index (Phi) is 5.81. The normalized spacial score (nSPS) is 10.9. The standard InChI is InChI=1S/C21H22ClN3O2/c1-14(2)23-21(26)13-18-12-20(15-7-9-19(27-3)10-8-15)24-25(18)17-6-4-5-16(22)11-17/h4-12,14H,13H2,1-3H3,(H,23,26). The van der Waals surface area contributed by atoms with Crippen molar-refractivity contribution >= 4 is 17.5 Å². The van der Waals surface area contributed by atoms with E-state index in [0.29, 0.717) is 5.02 Å². The summed E-state index contributed by atoms with van der Waals surface area (Å²) in [6.07, 6.45) is 0.230. The van der Waals surface area contributed by atoms with Crippen LogP contribution in [-0.4, -0.2) is 28.8 Å². The summed E-state index contributed by atoms with van der Waals surface area (Å²) >= 11 is 6.14. The van der Waals surface area contributed by atoms with Crippen LogP contribution in [0, 0.1) is 0 Å². The van der Waals surface area contributed by atoms with Crippen LogP contribution in [0.4, 0.5) is 0 Å². The monoisotopic (exact) mass is 383 g/mol. The fraction of sp³-hybridized carbons (Fsp3) is 0.238. The first-order valence-electron chi connectivity index (χ1n) is 8.75. The highest BCUT2D eigenvalue weighted by Crippen LogP contribution is 2.25. The first-order valence-corrected chi connectivity index (χ1v) is 9.12. The molecule has 1 amide bonds. The zero-order valence-electron chi connectivity index (χ0n) is 15.6. The second-order valence-corrected chi connectivity index (χ2v) is 6.98. The highest BCUT2D eigenvalue weighted by atomic mass is 35.5. The SMILES string of the molecule is COc1ccc(-c2cc(CC(=O)NC(C)C)n(-c3cccc(Cl)c3)n2)cc1. The number of hydrogen-bond donors (Lipinski definition) is 1. The predicted octanol–water partition coefficient (Wildman–Crippen LogP) is 4.27. The van der Waals surface area contributed by atoms with Gasteiger partial charge in [-0.25, -0.2) is 4.68 Å². The minimum absolute atomic E-state index is 0.0468. The van der Waals surface area contributed by atoms with Gasteiger partial charge in [0.15, 0.2) is 0 Å². The van der Waals surface area contributed by atoms with Crippen molar-refractivity contribution < 1.29 is 9.53 Å². The van der Waals surface area contributed by atoms with Crippen LogP contribution in [0.15, 0.2) is 54.6 Å². The van der Waals surface area contributed by atoms with Gasteiger partial charge in [0.1, 0.15) is 5.75 Å². The molecule has 0 aliphatic rings. The van der Waals surface area contributed by atoms with Crippen molar-refractivity contribution in [2.24, 2.45) is 0 Å². The summed E-state index contributed by atoms with van der Waals surface area (Å²) in [4.78, 5) is 12.3. The second-order valence-electron chi connectivity index (χ2n) is 6.54. The number of halogens is 1. The van der Waals surface area contributed by atoms with Gasteiger partial charge in [-0.15, -0.1) is 0 Å². The lowest BCUT2D eigenvalue weighted by atomic mass is 10.1. The summed E-state index contributed by atoms with van der Waals surface area (Å²) in [7, 11) is 1.63. The quantitative estimate of drug-likeness (QED) is 0.691. The summed E-state index contributed by atoms with van der Waals surface area (Å²) < 4.78 is 6.98. The number of carbonyl (C=O) groups is 1. The highest BCUT2D eigenvalue weighted by molar-refractivity contribution is 6.30. The summed E-state index contributed by atoms with van der Waals surface area (Å²) in [5, 5.41) is 8.26. The number of carbonyl (C=O) groups excluding carboxylic acids is 1. The van der Waals surface area contributed by atoms with Crippen LogP contribution in [0.3, 0.4) is 0 Å². The number of ether oxygens (including phenoxy) is 1. The van der Waals surface area contributed by atoms with E-state index in [2.05, 4.69) is 5.32 Å². The van der Waals surface area contributed by atoms with Crippen molar-refractivity contribution in [2.75, 3.05) is 7.11 Å². The van der Waals surface area contributed by atoms with Gasteiger partial charge in [-0.2, -0.15) is 5.10 Å². The van der Waals surface area contributed by atoms with E-state index in [-0.39, 0.29) is 18.4 Å². The van der Waals surface area contributed by atoms with Crippen molar-refractivity contribution in [1.82, 2.24) is 15.1 Å². The summed E-state index contributed by atoms with van der Waals surface area (Å²) in [5.41, 5.74) is 3.34. The van der Waals surface area contributed by atoms with E-state index < -0.39 is 0 Å². The fourth-order valence-electron chi connectivity index (χ4n) is 2.82. The number of benzene rings is 2. The lowest BCUT2D eigenvalue weighted by Gasteiger charge is -2.10. The van der Waals surface area contributed by atoms with Gasteiger partial charge in [-0.05, 0) is 62.4 Å². The molecule has 5 nitrogen and oxygen atoms in total. The third-order valence-corrected chi connectivity index (χ3v) is 4.25. The molecule has 0 radical (unpaired) electrons. The van der Waals surface area contributed by atoms with E-state index in [1.165, 1.54) is 0 Å². The largest absolute Gasteiger partial charge is 0.497 e. The molecule has 3 rings (SSSR count). The minimum Gasteiger partial charge on any atom is -0.497 e. The lowest BCUT2D eigenvalue weighted by Crippen LogP contribution is -2.31. The van der Waals surface area contributed by atoms with Crippen LogP contribution in [0.1, 0.15) is 19.5 Å². The number of hydrogen-bond acceptors (Lipinski definition) is 3. The smallest absolute Gasteiger partial charge is 0.226 e. The molecule has 1 aromatic heterocycles. The summed E-state index contributed by atoms with van der Waals surface area (Å²) in [6.45, 7) is 3.88. The number of aromatic nitrogens is 2. The van der Waals surface area contributed by atoms with E-state index in [0.717, 1.165) is 28.4 Å². The maximum absolute atomic E-state index is 12.3. The number of nitrogens with one attached hydrogen (secondary N) is 1. The van der Waals surface area contributed by atoms with E-state index >= 15 is 0 Å². The molecule has 0 bridgehead atoms. The molecular weight excluding hydrogens is 362 g/mol. The first-order chi connectivity index (χ1) is 13.0. The third-order valence-electron chi connectivity index (χ3n) is 4.01. The van der Waals surface area contributed by atoms with Crippen LogP contribution < -0.4 is 10.1 Å². The Balaban J connectivity index is 2.00. The van der Waals surface area contributed by atoms with Gasteiger partial charge in [0.25, 0.3) is 0 Å². The van der Waals surface area contributed by atoms with E-state index in [9.17, 15) is 4.79 Å². The molecule has 1 N–H and O–H groups in total. The topological polar surface area (TPSA) is 56.1 Å². The maximum Gasteiger partial charge on any atom is 0.226 e. The molecular formula is C21H22ClN3O2. The molecule has 0 fully saturated rings. The number of amides is 1. The zero-order chi connectivity index (χ0) is 19.4. The van der Waals surface area contributed by atoms with E-state index in [1.807, 2.05) is 68.4 Å². The van der Waals surface area contributed by atoms with E-state index in [4.69, 9.17) is 21.4 Å². The van der Waals surface area contributed by atoms with Crippen molar-refractivity contribution in [2.45, 2.75) is 26.3 Å². The lowest BCUT2D eigenvalue weighted by molar-refractivity contribution is -0.121. The highest BCUT2D eigenvalue weighted by Gasteiger charge is 2.15. The second kappa shape index (κ2) is 8.27. The Morgan fingerprint density at radius 2 is 1.93 bits per heavy atom. The molecule has 0 aliphatic heterocycles. The minimum atomic E-state index is -0.0468. The average molecular weight is 384 g/mol. The third kappa shape index (κ3) is 4.68. The number of nitrogens with zero attached hydrogens (tertiary/aromatic N) is 2. The van der Waals surface area contributed by atoms with Gasteiger partial charge < -0.3 is 10.1 Å². The van der Waals surface area contributed by atoms with Gasteiger partial charge in [-0.3, -0.25) is 4.79 Å². The fourth-order valence-corrected chi connectivity index (χ4v) is 3.00. The molecule has 0 atom stereocenters. The molecule has 0 saturated heterocycles. The number of rotatable bonds is 6. The molecule has 3 aromatic rings. The molecule has 140 valence electrons. The summed E-state index contributed by atoms with van der Waals surface area (Å²) in [6, 6.07) is 17.1. The Morgan fingerprint density at radius 3 is 2.56 bits per heavy atom. The Morgan fingerprint density at radius 1 is 1.19 bits per heavy atom. The van der Waals surface area contributed by atoms with Crippen molar-refractivity contribution in [3.8, 4) is 22.7 Å². The van der Waals surface area contributed by atoms with Crippen LogP contribution in [0.2, 0.25) is 5.02 Å². The van der Waals surface area contributed by atoms with Crippen LogP contribution >= 0.6 is 11.6 Å². The van der Waals surface area contributed by atoms with Gasteiger partial charge in [0, 0.05) is 16.6 Å². The molecule has 0 saturated carbocycles. The number of methoxy groups -OCH3 is 1. The van der Waals surface area contributed by atoms with Gasteiger partial charge in [0.2, 0.25) is 5.91 Å². The van der Waals surface area contributed by atoms with Gasteiger partial charge in [0.05, 0.1) is 30.6 Å². The molecule has 2 aromatic carbocycles. The van der Waals surface area contributed by atoms with Crippen molar-refractivity contribution in [3.63, 3.8) is 0 Å². The van der Waals surface area contributed by atoms with Crippen LogP contribution in [0.25, 0.3) is 16.9 Å².